The zero-order chi connectivity index (χ0) is 22.5. The predicted molar refractivity (Wildman–Crippen MR) is 124 cm³/mol. The third-order valence-corrected chi connectivity index (χ3v) is 5.34. The average molecular weight is 426 g/mol. The van der Waals surface area contributed by atoms with Crippen LogP contribution in [-0.4, -0.2) is 22.6 Å². The van der Waals surface area contributed by atoms with Gasteiger partial charge < -0.3 is 9.30 Å². The minimum atomic E-state index is -0.376. The van der Waals surface area contributed by atoms with E-state index in [1.807, 2.05) is 60.2 Å². The number of aromatic nitrogens is 2. The highest BCUT2D eigenvalue weighted by Gasteiger charge is 2.15. The van der Waals surface area contributed by atoms with Crippen LogP contribution in [0.25, 0.3) is 22.9 Å². The van der Waals surface area contributed by atoms with Crippen LogP contribution in [0.5, 0.6) is 0 Å². The number of carbonyl (C=O) groups is 1. The maximum atomic E-state index is 13.5. The highest BCUT2D eigenvalue weighted by molar-refractivity contribution is 5.97. The van der Waals surface area contributed by atoms with E-state index in [1.54, 1.807) is 30.7 Å². The van der Waals surface area contributed by atoms with E-state index in [2.05, 4.69) is 4.98 Å². The van der Waals surface area contributed by atoms with E-state index in [4.69, 9.17) is 4.74 Å². The van der Waals surface area contributed by atoms with Crippen molar-refractivity contribution < 1.29 is 13.9 Å². The molecule has 32 heavy (non-hydrogen) atoms. The fourth-order valence-corrected chi connectivity index (χ4v) is 3.63. The smallest absolute Gasteiger partial charge is 0.338 e. The number of benzene rings is 3. The molecule has 0 amide bonds. The minimum absolute atomic E-state index is 0.277. The average Bonchev–Trinajstić information content (AvgIpc) is 3.23. The number of methoxy groups -OCH3 is 1. The lowest BCUT2D eigenvalue weighted by Crippen LogP contribution is -2.05. The second-order valence-electron chi connectivity index (χ2n) is 7.52. The molecule has 4 rings (SSSR count). The number of hydrogen-bond donors (Lipinski definition) is 0. The molecule has 0 fully saturated rings. The SMILES string of the molecule is COC(=O)c1ccc(C/C(=C\n2cncc2C)c2ccc(F)cc2)cc1-c1ccccc1. The number of aryl methyl sites for hydroxylation is 1. The van der Waals surface area contributed by atoms with Crippen LogP contribution < -0.4 is 0 Å². The van der Waals surface area contributed by atoms with Crippen LogP contribution in [-0.2, 0) is 11.2 Å². The summed E-state index contributed by atoms with van der Waals surface area (Å²) in [6, 6.07) is 22.0. The van der Waals surface area contributed by atoms with E-state index >= 15 is 0 Å². The van der Waals surface area contributed by atoms with E-state index in [-0.39, 0.29) is 11.8 Å². The van der Waals surface area contributed by atoms with Crippen molar-refractivity contribution in [3.63, 3.8) is 0 Å². The number of halogens is 1. The Kier molecular flexibility index (Phi) is 6.26. The lowest BCUT2D eigenvalue weighted by atomic mass is 9.93. The summed E-state index contributed by atoms with van der Waals surface area (Å²) in [5, 5.41) is 0. The first-order valence-electron chi connectivity index (χ1n) is 10.3. The van der Waals surface area contributed by atoms with Gasteiger partial charge in [0.1, 0.15) is 5.82 Å². The Labute approximate surface area is 186 Å². The number of hydrogen-bond acceptors (Lipinski definition) is 3. The zero-order valence-electron chi connectivity index (χ0n) is 18.0. The molecule has 0 aliphatic heterocycles. The molecule has 0 saturated carbocycles. The molecule has 5 heteroatoms. The molecule has 4 nitrogen and oxygen atoms in total. The molecule has 0 saturated heterocycles. The molecule has 0 unspecified atom stereocenters. The van der Waals surface area contributed by atoms with Crippen molar-refractivity contribution in [1.82, 2.24) is 9.55 Å². The molecule has 0 atom stereocenters. The largest absolute Gasteiger partial charge is 0.465 e. The van der Waals surface area contributed by atoms with Crippen LogP contribution in [0.1, 0.15) is 27.2 Å². The molecule has 4 aromatic rings. The first-order valence-corrected chi connectivity index (χ1v) is 10.3. The number of imidazole rings is 1. The quantitative estimate of drug-likeness (QED) is 0.354. The number of carbonyl (C=O) groups excluding carboxylic acids is 1. The fourth-order valence-electron chi connectivity index (χ4n) is 3.63. The molecule has 1 heterocycles. The number of esters is 1. The summed E-state index contributed by atoms with van der Waals surface area (Å²) in [6.07, 6.45) is 6.13. The van der Waals surface area contributed by atoms with Gasteiger partial charge in [-0.25, -0.2) is 14.2 Å². The molecule has 0 spiro atoms. The van der Waals surface area contributed by atoms with Crippen LogP contribution in [0.15, 0.2) is 85.3 Å². The third-order valence-electron chi connectivity index (χ3n) is 5.34. The summed E-state index contributed by atoms with van der Waals surface area (Å²) in [5.41, 5.74) is 6.19. The number of ether oxygens (including phenoxy) is 1. The van der Waals surface area contributed by atoms with E-state index in [0.717, 1.165) is 33.5 Å². The predicted octanol–water partition coefficient (Wildman–Crippen LogP) is 6.03. The van der Waals surface area contributed by atoms with E-state index in [0.29, 0.717) is 12.0 Å². The van der Waals surface area contributed by atoms with Gasteiger partial charge in [-0.1, -0.05) is 48.5 Å². The van der Waals surface area contributed by atoms with E-state index < -0.39 is 0 Å². The molecule has 0 radical (unpaired) electrons. The van der Waals surface area contributed by atoms with Gasteiger partial charge in [-0.05, 0) is 65.4 Å². The summed E-state index contributed by atoms with van der Waals surface area (Å²) in [6.45, 7) is 1.98. The van der Waals surface area contributed by atoms with Gasteiger partial charge in [0.05, 0.1) is 19.0 Å². The molecule has 0 aliphatic rings. The molecular formula is C27H23FN2O2. The molecule has 160 valence electrons. The van der Waals surface area contributed by atoms with Gasteiger partial charge >= 0.3 is 5.97 Å². The van der Waals surface area contributed by atoms with Crippen molar-refractivity contribution in [2.75, 3.05) is 7.11 Å². The van der Waals surface area contributed by atoms with E-state index in [1.165, 1.54) is 19.2 Å². The third kappa shape index (κ3) is 4.67. The highest BCUT2D eigenvalue weighted by atomic mass is 19.1. The number of rotatable bonds is 6. The van der Waals surface area contributed by atoms with E-state index in [9.17, 15) is 9.18 Å². The van der Waals surface area contributed by atoms with Gasteiger partial charge in [-0.3, -0.25) is 0 Å². The zero-order valence-corrected chi connectivity index (χ0v) is 18.0. The monoisotopic (exact) mass is 426 g/mol. The Hall–Kier alpha value is -3.99. The maximum absolute atomic E-state index is 13.5. The first-order chi connectivity index (χ1) is 15.5. The van der Waals surface area contributed by atoms with Gasteiger partial charge in [0.25, 0.3) is 0 Å². The minimum Gasteiger partial charge on any atom is -0.465 e. The van der Waals surface area contributed by atoms with Crippen LogP contribution in [0.4, 0.5) is 4.39 Å². The van der Waals surface area contributed by atoms with Crippen molar-refractivity contribution in [2.24, 2.45) is 0 Å². The topological polar surface area (TPSA) is 44.1 Å². The first kappa shape index (κ1) is 21.2. The molecule has 0 aliphatic carbocycles. The van der Waals surface area contributed by atoms with Gasteiger partial charge in [0.15, 0.2) is 0 Å². The summed E-state index contributed by atoms with van der Waals surface area (Å²) in [5.74, 6) is -0.653. The van der Waals surface area contributed by atoms with Crippen LogP contribution in [0.2, 0.25) is 0 Å². The Morgan fingerprint density at radius 3 is 2.47 bits per heavy atom. The number of allylic oxidation sites excluding steroid dienone is 1. The highest BCUT2D eigenvalue weighted by Crippen LogP contribution is 2.29. The van der Waals surface area contributed by atoms with Crippen LogP contribution in [0, 0.1) is 12.7 Å². The normalized spacial score (nSPS) is 11.4. The van der Waals surface area contributed by atoms with Crippen molar-refractivity contribution in [3.8, 4) is 11.1 Å². The Bertz CT molecular complexity index is 1260. The molecule has 0 N–H and O–H groups in total. The molecular weight excluding hydrogens is 403 g/mol. The van der Waals surface area contributed by atoms with Gasteiger partial charge in [0.2, 0.25) is 0 Å². The van der Waals surface area contributed by atoms with Crippen molar-refractivity contribution in [1.29, 1.82) is 0 Å². The van der Waals surface area contributed by atoms with Crippen LogP contribution >= 0.6 is 0 Å². The van der Waals surface area contributed by atoms with Crippen LogP contribution in [0.3, 0.4) is 0 Å². The second-order valence-corrected chi connectivity index (χ2v) is 7.52. The van der Waals surface area contributed by atoms with Crippen molar-refractivity contribution in [3.05, 3.63) is 114 Å². The summed E-state index contributed by atoms with van der Waals surface area (Å²) < 4.78 is 20.5. The fraction of sp³-hybridized carbons (Fsp3) is 0.111. The molecule has 3 aromatic carbocycles. The Balaban J connectivity index is 1.78. The standard InChI is InChI=1S/C27H23FN2O2/c1-19-16-29-18-30(19)17-23(21-9-11-24(28)12-10-21)14-20-8-13-25(27(31)32-2)26(15-20)22-6-4-3-5-7-22/h3-13,15-18H,14H2,1-2H3/b23-17+. The summed E-state index contributed by atoms with van der Waals surface area (Å²) >= 11 is 0. The van der Waals surface area contributed by atoms with Crippen molar-refractivity contribution in [2.45, 2.75) is 13.3 Å². The Morgan fingerprint density at radius 2 is 1.81 bits per heavy atom. The molecule has 1 aromatic heterocycles. The second kappa shape index (κ2) is 9.43. The lowest BCUT2D eigenvalue weighted by molar-refractivity contribution is 0.0601. The molecule has 0 bridgehead atoms. The summed E-state index contributed by atoms with van der Waals surface area (Å²) in [4.78, 5) is 16.6. The van der Waals surface area contributed by atoms with Gasteiger partial charge in [-0.15, -0.1) is 0 Å². The van der Waals surface area contributed by atoms with Gasteiger partial charge in [-0.2, -0.15) is 0 Å². The lowest BCUT2D eigenvalue weighted by Gasteiger charge is -2.14. The maximum Gasteiger partial charge on any atom is 0.338 e. The Morgan fingerprint density at radius 1 is 1.06 bits per heavy atom. The summed E-state index contributed by atoms with van der Waals surface area (Å²) in [7, 11) is 1.38. The van der Waals surface area contributed by atoms with Crippen molar-refractivity contribution >= 4 is 17.7 Å². The number of nitrogens with zero attached hydrogens (tertiary/aromatic N) is 2. The van der Waals surface area contributed by atoms with Gasteiger partial charge in [0, 0.05) is 18.1 Å².